The molecular weight excluding hydrogens is 298 g/mol. The molecule has 2 rings (SSSR count). The van der Waals surface area contributed by atoms with Crippen LogP contribution >= 0.6 is 0 Å². The lowest BCUT2D eigenvalue weighted by atomic mass is 9.98. The van der Waals surface area contributed by atoms with Crippen LogP contribution in [0.15, 0.2) is 36.4 Å². The summed E-state index contributed by atoms with van der Waals surface area (Å²) in [5.41, 5.74) is 2.43. The van der Waals surface area contributed by atoms with E-state index in [4.69, 9.17) is 0 Å². The van der Waals surface area contributed by atoms with Gasteiger partial charge in [-0.25, -0.2) is 8.78 Å². The molecule has 0 spiro atoms. The van der Waals surface area contributed by atoms with Gasteiger partial charge in [0, 0.05) is 5.69 Å². The van der Waals surface area contributed by atoms with Gasteiger partial charge in [-0.2, -0.15) is 0 Å². The maximum Gasteiger partial charge on any atom is 0.243 e. The smallest absolute Gasteiger partial charge is 0.243 e. The number of aryl methyl sites for hydroxylation is 1. The van der Waals surface area contributed by atoms with Gasteiger partial charge in [-0.3, -0.25) is 4.79 Å². The molecule has 2 N–H and O–H groups in total. The zero-order valence-corrected chi connectivity index (χ0v) is 13.4. The molecule has 0 aliphatic carbocycles. The minimum absolute atomic E-state index is 0.219. The monoisotopic (exact) mass is 318 g/mol. The number of carbonyl (C=O) groups is 1. The van der Waals surface area contributed by atoms with Gasteiger partial charge in [0.25, 0.3) is 0 Å². The molecular formula is C18H20F2N2O. The second-order valence-corrected chi connectivity index (χ2v) is 5.69. The molecule has 0 aromatic heterocycles. The summed E-state index contributed by atoms with van der Waals surface area (Å²) in [5, 5.41) is 5.33. The summed E-state index contributed by atoms with van der Waals surface area (Å²) in [6, 6.07) is 9.36. The molecule has 5 heteroatoms. The molecule has 0 heterocycles. The first kappa shape index (κ1) is 16.9. The van der Waals surface area contributed by atoms with Gasteiger partial charge in [-0.05, 0) is 36.1 Å². The zero-order valence-electron chi connectivity index (χ0n) is 13.4. The van der Waals surface area contributed by atoms with Crippen molar-refractivity contribution in [1.82, 2.24) is 0 Å². The second-order valence-electron chi connectivity index (χ2n) is 5.69. The lowest BCUT2D eigenvalue weighted by Gasteiger charge is -2.17. The van der Waals surface area contributed by atoms with Crippen molar-refractivity contribution in [3.05, 3.63) is 59.2 Å². The molecule has 0 saturated heterocycles. The number of anilines is 2. The summed E-state index contributed by atoms with van der Waals surface area (Å²) in [4.78, 5) is 12.1. The van der Waals surface area contributed by atoms with Gasteiger partial charge >= 0.3 is 0 Å². The number of rotatable bonds is 5. The fourth-order valence-corrected chi connectivity index (χ4v) is 2.36. The van der Waals surface area contributed by atoms with Gasteiger partial charge in [0.1, 0.15) is 17.3 Å². The van der Waals surface area contributed by atoms with Crippen molar-refractivity contribution in [1.29, 1.82) is 0 Å². The highest BCUT2D eigenvalue weighted by molar-refractivity contribution is 5.95. The number of hydrogen-bond donors (Lipinski definition) is 2. The molecule has 0 saturated carbocycles. The quantitative estimate of drug-likeness (QED) is 0.855. The summed E-state index contributed by atoms with van der Waals surface area (Å²) >= 11 is 0. The van der Waals surface area contributed by atoms with E-state index in [1.807, 2.05) is 39.0 Å². The van der Waals surface area contributed by atoms with E-state index in [9.17, 15) is 13.6 Å². The van der Waals surface area contributed by atoms with E-state index in [1.54, 1.807) is 0 Å². The number of carbonyl (C=O) groups excluding carboxylic acids is 1. The van der Waals surface area contributed by atoms with Crippen LogP contribution in [-0.2, 0) is 4.79 Å². The number of nitrogens with one attached hydrogen (secondary N) is 2. The van der Waals surface area contributed by atoms with Crippen molar-refractivity contribution in [2.45, 2.75) is 26.7 Å². The number of halogens is 2. The van der Waals surface area contributed by atoms with Gasteiger partial charge in [0.05, 0.1) is 6.54 Å². The van der Waals surface area contributed by atoms with Crippen molar-refractivity contribution in [3.8, 4) is 0 Å². The largest absolute Gasteiger partial charge is 0.371 e. The Labute approximate surface area is 134 Å². The van der Waals surface area contributed by atoms with Crippen LogP contribution in [0.1, 0.15) is 30.9 Å². The third-order valence-electron chi connectivity index (χ3n) is 3.58. The normalized spacial score (nSPS) is 10.7. The van der Waals surface area contributed by atoms with Crippen molar-refractivity contribution >= 4 is 17.3 Å². The Hall–Kier alpha value is -2.43. The first-order valence-electron chi connectivity index (χ1n) is 7.47. The van der Waals surface area contributed by atoms with E-state index in [2.05, 4.69) is 10.6 Å². The number of benzene rings is 2. The maximum atomic E-state index is 13.5. The van der Waals surface area contributed by atoms with Crippen LogP contribution in [0.3, 0.4) is 0 Å². The molecule has 2 aromatic rings. The number of para-hydroxylation sites is 2. The molecule has 0 fully saturated rings. The molecule has 1 amide bonds. The topological polar surface area (TPSA) is 41.1 Å². The zero-order chi connectivity index (χ0) is 17.0. The highest BCUT2D eigenvalue weighted by atomic mass is 19.1. The molecule has 0 unspecified atom stereocenters. The summed E-state index contributed by atoms with van der Waals surface area (Å²) < 4.78 is 27.1. The molecule has 3 nitrogen and oxygen atoms in total. The van der Waals surface area contributed by atoms with Crippen molar-refractivity contribution in [2.75, 3.05) is 17.2 Å². The minimum atomic E-state index is -0.725. The minimum Gasteiger partial charge on any atom is -0.371 e. The third-order valence-corrected chi connectivity index (χ3v) is 3.58. The van der Waals surface area contributed by atoms with E-state index in [0.29, 0.717) is 0 Å². The van der Waals surface area contributed by atoms with Crippen LogP contribution in [0, 0.1) is 18.6 Å². The maximum absolute atomic E-state index is 13.5. The van der Waals surface area contributed by atoms with Crippen LogP contribution in [0.25, 0.3) is 0 Å². The Kier molecular flexibility index (Phi) is 5.32. The van der Waals surface area contributed by atoms with Crippen molar-refractivity contribution in [3.63, 3.8) is 0 Å². The van der Waals surface area contributed by atoms with Gasteiger partial charge in [0.2, 0.25) is 5.91 Å². The second kappa shape index (κ2) is 7.22. The Morgan fingerprint density at radius 1 is 1.04 bits per heavy atom. The Balaban J connectivity index is 2.09. The van der Waals surface area contributed by atoms with E-state index in [0.717, 1.165) is 28.9 Å². The summed E-state index contributed by atoms with van der Waals surface area (Å²) in [5.74, 6) is -1.56. The summed E-state index contributed by atoms with van der Waals surface area (Å²) in [6.07, 6.45) is 0. The molecule has 122 valence electrons. The van der Waals surface area contributed by atoms with Gasteiger partial charge in [-0.1, -0.05) is 38.1 Å². The average Bonchev–Trinajstić information content (AvgIpc) is 2.48. The van der Waals surface area contributed by atoms with E-state index < -0.39 is 11.6 Å². The molecule has 0 radical (unpaired) electrons. The molecule has 2 aromatic carbocycles. The number of amides is 1. The molecule has 0 aliphatic rings. The van der Waals surface area contributed by atoms with Crippen LogP contribution < -0.4 is 10.6 Å². The number of hydrogen-bond acceptors (Lipinski definition) is 2. The third kappa shape index (κ3) is 4.06. The molecule has 0 atom stereocenters. The van der Waals surface area contributed by atoms with Crippen LogP contribution in [0.4, 0.5) is 20.2 Å². The fourth-order valence-electron chi connectivity index (χ4n) is 2.36. The average molecular weight is 318 g/mol. The van der Waals surface area contributed by atoms with E-state index in [1.165, 1.54) is 6.07 Å². The standard InChI is InChI=1S/C18H20F2N2O/c1-11(2)13-7-4-6-12(3)17(13)22-16(23)10-21-18-14(19)8-5-9-15(18)20/h4-9,11,21H,10H2,1-3H3,(H,22,23). The molecule has 0 bridgehead atoms. The Bertz CT molecular complexity index is 694. The molecule has 23 heavy (non-hydrogen) atoms. The predicted molar refractivity (Wildman–Crippen MR) is 88.7 cm³/mol. The van der Waals surface area contributed by atoms with Gasteiger partial charge < -0.3 is 10.6 Å². The predicted octanol–water partition coefficient (Wildman–Crippen LogP) is 4.45. The highest BCUT2D eigenvalue weighted by Gasteiger charge is 2.13. The first-order chi connectivity index (χ1) is 10.9. The first-order valence-corrected chi connectivity index (χ1v) is 7.47. The van der Waals surface area contributed by atoms with Gasteiger partial charge in [-0.15, -0.1) is 0 Å². The lowest BCUT2D eigenvalue weighted by Crippen LogP contribution is -2.23. The SMILES string of the molecule is Cc1cccc(C(C)C)c1NC(=O)CNc1c(F)cccc1F. The summed E-state index contributed by atoms with van der Waals surface area (Å²) in [6.45, 7) is 5.77. The van der Waals surface area contributed by atoms with E-state index >= 15 is 0 Å². The Morgan fingerprint density at radius 3 is 2.26 bits per heavy atom. The van der Waals surface area contributed by atoms with Crippen LogP contribution in [0.5, 0.6) is 0 Å². The van der Waals surface area contributed by atoms with Crippen LogP contribution in [-0.4, -0.2) is 12.5 Å². The lowest BCUT2D eigenvalue weighted by molar-refractivity contribution is -0.114. The van der Waals surface area contributed by atoms with Crippen LogP contribution in [0.2, 0.25) is 0 Å². The summed E-state index contributed by atoms with van der Waals surface area (Å²) in [7, 11) is 0. The Morgan fingerprint density at radius 2 is 1.65 bits per heavy atom. The molecule has 0 aliphatic heterocycles. The van der Waals surface area contributed by atoms with Crippen molar-refractivity contribution in [2.24, 2.45) is 0 Å². The van der Waals surface area contributed by atoms with Crippen molar-refractivity contribution < 1.29 is 13.6 Å². The van der Waals surface area contributed by atoms with E-state index in [-0.39, 0.29) is 24.1 Å². The fraction of sp³-hybridized carbons (Fsp3) is 0.278. The van der Waals surface area contributed by atoms with Gasteiger partial charge in [0.15, 0.2) is 0 Å². The highest BCUT2D eigenvalue weighted by Crippen LogP contribution is 2.27.